The number of rotatable bonds is 7. The fourth-order valence-corrected chi connectivity index (χ4v) is 1.64. The summed E-state index contributed by atoms with van der Waals surface area (Å²) in [6, 6.07) is 6.39. The molecule has 1 aromatic carbocycles. The van der Waals surface area contributed by atoms with Crippen LogP contribution >= 0.6 is 12.6 Å². The maximum atomic E-state index is 5.72. The molecule has 0 aliphatic carbocycles. The standard InChI is InChI=1S/C14H22O2S/c1-11(2)13-5-4-12(3)14(10-13)16-7-6-15-8-9-17/h4-5,10-11,17H,6-9H2,1-3H3. The minimum absolute atomic E-state index is 0.526. The van der Waals surface area contributed by atoms with E-state index in [1.165, 1.54) is 11.1 Å². The Morgan fingerprint density at radius 1 is 1.18 bits per heavy atom. The van der Waals surface area contributed by atoms with Crippen molar-refractivity contribution in [1.82, 2.24) is 0 Å². The molecule has 0 spiro atoms. The maximum Gasteiger partial charge on any atom is 0.122 e. The summed E-state index contributed by atoms with van der Waals surface area (Å²) < 4.78 is 11.0. The van der Waals surface area contributed by atoms with Crippen molar-refractivity contribution in [2.24, 2.45) is 0 Å². The molecule has 0 atom stereocenters. The third kappa shape index (κ3) is 5.00. The predicted octanol–water partition coefficient (Wildman–Crippen LogP) is 3.44. The lowest BCUT2D eigenvalue weighted by atomic mass is 10.0. The predicted molar refractivity (Wildman–Crippen MR) is 75.4 cm³/mol. The van der Waals surface area contributed by atoms with E-state index in [9.17, 15) is 0 Å². The highest BCUT2D eigenvalue weighted by molar-refractivity contribution is 7.80. The van der Waals surface area contributed by atoms with Crippen LogP contribution in [0.1, 0.15) is 30.9 Å². The van der Waals surface area contributed by atoms with Gasteiger partial charge >= 0.3 is 0 Å². The lowest BCUT2D eigenvalue weighted by molar-refractivity contribution is 0.112. The average molecular weight is 254 g/mol. The van der Waals surface area contributed by atoms with Crippen molar-refractivity contribution >= 4 is 12.6 Å². The Morgan fingerprint density at radius 2 is 1.94 bits per heavy atom. The van der Waals surface area contributed by atoms with Crippen LogP contribution in [-0.2, 0) is 4.74 Å². The van der Waals surface area contributed by atoms with E-state index in [4.69, 9.17) is 9.47 Å². The van der Waals surface area contributed by atoms with Gasteiger partial charge in [-0.1, -0.05) is 26.0 Å². The highest BCUT2D eigenvalue weighted by atomic mass is 32.1. The Morgan fingerprint density at radius 3 is 2.59 bits per heavy atom. The summed E-state index contributed by atoms with van der Waals surface area (Å²) in [5, 5.41) is 0. The number of benzene rings is 1. The number of hydrogen-bond acceptors (Lipinski definition) is 3. The van der Waals surface area contributed by atoms with Crippen molar-refractivity contribution in [3.05, 3.63) is 29.3 Å². The van der Waals surface area contributed by atoms with Gasteiger partial charge < -0.3 is 9.47 Å². The van der Waals surface area contributed by atoms with Crippen molar-refractivity contribution < 1.29 is 9.47 Å². The molecule has 0 bridgehead atoms. The van der Waals surface area contributed by atoms with Gasteiger partial charge in [-0.15, -0.1) is 0 Å². The molecule has 0 aliphatic rings. The van der Waals surface area contributed by atoms with Crippen LogP contribution < -0.4 is 4.74 Å². The van der Waals surface area contributed by atoms with E-state index in [2.05, 4.69) is 51.6 Å². The lowest BCUT2D eigenvalue weighted by Crippen LogP contribution is -2.08. The molecule has 0 N–H and O–H groups in total. The monoisotopic (exact) mass is 254 g/mol. The third-order valence-corrected chi connectivity index (χ3v) is 2.78. The Balaban J connectivity index is 2.49. The smallest absolute Gasteiger partial charge is 0.122 e. The normalized spacial score (nSPS) is 10.9. The first kappa shape index (κ1) is 14.4. The summed E-state index contributed by atoms with van der Waals surface area (Å²) in [7, 11) is 0. The largest absolute Gasteiger partial charge is 0.491 e. The molecule has 0 heterocycles. The van der Waals surface area contributed by atoms with E-state index >= 15 is 0 Å². The Bertz CT molecular complexity index is 337. The van der Waals surface area contributed by atoms with Gasteiger partial charge in [-0.3, -0.25) is 0 Å². The number of thiol groups is 1. The van der Waals surface area contributed by atoms with Crippen LogP contribution in [0.5, 0.6) is 5.75 Å². The van der Waals surface area contributed by atoms with Crippen LogP contribution in [0.3, 0.4) is 0 Å². The maximum absolute atomic E-state index is 5.72. The molecular formula is C14H22O2S. The van der Waals surface area contributed by atoms with Gasteiger partial charge in [0, 0.05) is 5.75 Å². The van der Waals surface area contributed by atoms with Crippen molar-refractivity contribution in [3.63, 3.8) is 0 Å². The second-order valence-electron chi connectivity index (χ2n) is 4.36. The van der Waals surface area contributed by atoms with Crippen molar-refractivity contribution in [2.45, 2.75) is 26.7 Å². The van der Waals surface area contributed by atoms with Crippen LogP contribution in [0.2, 0.25) is 0 Å². The molecule has 17 heavy (non-hydrogen) atoms. The molecule has 2 nitrogen and oxygen atoms in total. The van der Waals surface area contributed by atoms with Crippen molar-refractivity contribution in [3.8, 4) is 5.75 Å². The fourth-order valence-electron chi connectivity index (χ4n) is 1.51. The number of aryl methyl sites for hydroxylation is 1. The zero-order valence-electron chi connectivity index (χ0n) is 10.9. The van der Waals surface area contributed by atoms with Gasteiger partial charge in [0.05, 0.1) is 13.2 Å². The summed E-state index contributed by atoms with van der Waals surface area (Å²) in [5.74, 6) is 2.24. The van der Waals surface area contributed by atoms with Crippen LogP contribution in [0.25, 0.3) is 0 Å². The van der Waals surface area contributed by atoms with E-state index in [1.54, 1.807) is 0 Å². The van der Waals surface area contributed by atoms with Gasteiger partial charge in [-0.25, -0.2) is 0 Å². The molecule has 0 amide bonds. The molecular weight excluding hydrogens is 232 g/mol. The van der Waals surface area contributed by atoms with E-state index in [0.29, 0.717) is 25.7 Å². The quantitative estimate of drug-likeness (QED) is 0.593. The van der Waals surface area contributed by atoms with Gasteiger partial charge in [0.15, 0.2) is 0 Å². The summed E-state index contributed by atoms with van der Waals surface area (Å²) in [4.78, 5) is 0. The summed E-state index contributed by atoms with van der Waals surface area (Å²) in [6.07, 6.45) is 0. The highest BCUT2D eigenvalue weighted by Crippen LogP contribution is 2.24. The second-order valence-corrected chi connectivity index (χ2v) is 4.81. The van der Waals surface area contributed by atoms with Crippen molar-refractivity contribution in [1.29, 1.82) is 0 Å². The van der Waals surface area contributed by atoms with Crippen LogP contribution in [0, 0.1) is 6.92 Å². The molecule has 0 aliphatic heterocycles. The van der Waals surface area contributed by atoms with E-state index < -0.39 is 0 Å². The number of hydrogen-bond donors (Lipinski definition) is 1. The Hall–Kier alpha value is -0.670. The lowest BCUT2D eigenvalue weighted by Gasteiger charge is -2.12. The Kier molecular flexibility index (Phi) is 6.45. The SMILES string of the molecule is Cc1ccc(C(C)C)cc1OCCOCCS. The first-order valence-corrected chi connectivity index (χ1v) is 6.70. The first-order chi connectivity index (χ1) is 8.15. The molecule has 3 heteroatoms. The fraction of sp³-hybridized carbons (Fsp3) is 0.571. The average Bonchev–Trinajstić information content (AvgIpc) is 2.30. The second kappa shape index (κ2) is 7.62. The molecule has 96 valence electrons. The van der Waals surface area contributed by atoms with Gasteiger partial charge in [-0.2, -0.15) is 12.6 Å². The molecule has 1 aromatic rings. The molecule has 0 aromatic heterocycles. The zero-order valence-corrected chi connectivity index (χ0v) is 11.8. The minimum atomic E-state index is 0.526. The molecule has 1 rings (SSSR count). The van der Waals surface area contributed by atoms with E-state index in [0.717, 1.165) is 11.5 Å². The minimum Gasteiger partial charge on any atom is -0.491 e. The first-order valence-electron chi connectivity index (χ1n) is 6.07. The third-order valence-electron chi connectivity index (χ3n) is 2.60. The summed E-state index contributed by atoms with van der Waals surface area (Å²) >= 11 is 4.08. The summed E-state index contributed by atoms with van der Waals surface area (Å²) in [5.41, 5.74) is 2.48. The van der Waals surface area contributed by atoms with Crippen LogP contribution in [0.15, 0.2) is 18.2 Å². The summed E-state index contributed by atoms with van der Waals surface area (Å²) in [6.45, 7) is 8.32. The van der Waals surface area contributed by atoms with Gasteiger partial charge in [0.25, 0.3) is 0 Å². The molecule has 0 saturated carbocycles. The van der Waals surface area contributed by atoms with E-state index in [-0.39, 0.29) is 0 Å². The van der Waals surface area contributed by atoms with Gasteiger partial charge in [0.2, 0.25) is 0 Å². The van der Waals surface area contributed by atoms with Gasteiger partial charge in [-0.05, 0) is 30.0 Å². The van der Waals surface area contributed by atoms with Crippen LogP contribution in [0.4, 0.5) is 0 Å². The highest BCUT2D eigenvalue weighted by Gasteiger charge is 2.04. The Labute approximate surface area is 110 Å². The zero-order chi connectivity index (χ0) is 12.7. The van der Waals surface area contributed by atoms with E-state index in [1.807, 2.05) is 0 Å². The number of ether oxygens (including phenoxy) is 2. The molecule has 0 radical (unpaired) electrons. The topological polar surface area (TPSA) is 18.5 Å². The molecule has 0 unspecified atom stereocenters. The van der Waals surface area contributed by atoms with Crippen LogP contribution in [-0.4, -0.2) is 25.6 Å². The molecule has 0 saturated heterocycles. The van der Waals surface area contributed by atoms with Gasteiger partial charge in [0.1, 0.15) is 12.4 Å². The van der Waals surface area contributed by atoms with Crippen molar-refractivity contribution in [2.75, 3.05) is 25.6 Å². The molecule has 0 fully saturated rings.